The summed E-state index contributed by atoms with van der Waals surface area (Å²) in [4.78, 5) is 26.9. The summed E-state index contributed by atoms with van der Waals surface area (Å²) in [6.07, 6.45) is 3.36. The van der Waals surface area contributed by atoms with E-state index in [-0.39, 0.29) is 29.8 Å². The van der Waals surface area contributed by atoms with Gasteiger partial charge in [-0.2, -0.15) is 0 Å². The first-order valence-corrected chi connectivity index (χ1v) is 14.4. The van der Waals surface area contributed by atoms with E-state index in [1.54, 1.807) is 0 Å². The lowest BCUT2D eigenvalue weighted by Gasteiger charge is -2.16. The van der Waals surface area contributed by atoms with Gasteiger partial charge in [-0.05, 0) is 77.5 Å². The minimum Gasteiger partial charge on any atom is -0.482 e. The fourth-order valence-corrected chi connectivity index (χ4v) is 6.43. The number of aryl methyl sites for hydroxylation is 3. The van der Waals surface area contributed by atoms with Gasteiger partial charge in [0.15, 0.2) is 17.1 Å². The molecule has 198 valence electrons. The number of fused-ring (bicyclic) bond motifs is 1. The third kappa shape index (κ3) is 6.35. The number of ether oxygens (including phenoxy) is 2. The average molecular weight is 543 g/mol. The summed E-state index contributed by atoms with van der Waals surface area (Å²) in [6, 6.07) is 6.06. The number of carbonyl (C=O) groups is 2. The van der Waals surface area contributed by atoms with Crippen molar-refractivity contribution in [2.45, 2.75) is 77.7 Å². The van der Waals surface area contributed by atoms with Crippen molar-refractivity contribution in [2.75, 3.05) is 11.1 Å². The van der Waals surface area contributed by atoms with Crippen LogP contribution in [0.4, 0.5) is 5.00 Å². The summed E-state index contributed by atoms with van der Waals surface area (Å²) in [5, 5.41) is 12.7. The maximum absolute atomic E-state index is 12.9. The van der Waals surface area contributed by atoms with Crippen molar-refractivity contribution in [3.8, 4) is 5.75 Å². The Bertz CT molecular complexity index is 1300. The number of amides is 1. The maximum Gasteiger partial charge on any atom is 0.341 e. The van der Waals surface area contributed by atoms with Gasteiger partial charge in [0.05, 0.1) is 17.4 Å². The molecule has 1 aromatic carbocycles. The van der Waals surface area contributed by atoms with Crippen molar-refractivity contribution in [3.63, 3.8) is 0 Å². The first kappa shape index (κ1) is 27.2. The second-order valence-corrected chi connectivity index (χ2v) is 11.7. The molecule has 0 radical (unpaired) electrons. The zero-order valence-corrected chi connectivity index (χ0v) is 23.8. The Morgan fingerprint density at radius 1 is 1.16 bits per heavy atom. The van der Waals surface area contributed by atoms with E-state index in [0.29, 0.717) is 21.5 Å². The van der Waals surface area contributed by atoms with Crippen molar-refractivity contribution in [3.05, 3.63) is 51.2 Å². The summed E-state index contributed by atoms with van der Waals surface area (Å²) in [5.41, 5.74) is 3.79. The van der Waals surface area contributed by atoms with Gasteiger partial charge < -0.3 is 19.4 Å². The Morgan fingerprint density at radius 2 is 1.92 bits per heavy atom. The average Bonchev–Trinajstić information content (AvgIpc) is 3.38. The van der Waals surface area contributed by atoms with Gasteiger partial charge in [-0.15, -0.1) is 21.5 Å². The number of aromatic nitrogens is 3. The molecule has 0 bridgehead atoms. The largest absolute Gasteiger partial charge is 0.482 e. The number of nitrogens with zero attached hydrogens (tertiary/aromatic N) is 3. The number of hydrogen-bond donors (Lipinski definition) is 1. The molecule has 1 N–H and O–H groups in total. The molecule has 0 saturated carbocycles. The highest BCUT2D eigenvalue weighted by atomic mass is 32.2. The van der Waals surface area contributed by atoms with Crippen molar-refractivity contribution >= 4 is 40.0 Å². The molecule has 3 aromatic rings. The Morgan fingerprint density at radius 3 is 2.65 bits per heavy atom. The second kappa shape index (κ2) is 11.7. The highest BCUT2D eigenvalue weighted by Gasteiger charge is 2.28. The third-order valence-corrected chi connectivity index (χ3v) is 8.40. The number of benzene rings is 1. The zero-order valence-electron chi connectivity index (χ0n) is 22.2. The highest BCUT2D eigenvalue weighted by molar-refractivity contribution is 7.99. The maximum atomic E-state index is 12.9. The number of nitrogens with one attached hydrogen (secondary N) is 1. The number of thioether (sulfide) groups is 1. The third-order valence-electron chi connectivity index (χ3n) is 6.17. The Hall–Kier alpha value is -2.85. The number of esters is 1. The summed E-state index contributed by atoms with van der Waals surface area (Å²) in [7, 11) is 1.87. The zero-order chi connectivity index (χ0) is 26.7. The van der Waals surface area contributed by atoms with Crippen molar-refractivity contribution in [1.29, 1.82) is 0 Å². The van der Waals surface area contributed by atoms with Gasteiger partial charge in [-0.25, -0.2) is 4.79 Å². The normalized spacial score (nSPS) is 13.8. The highest BCUT2D eigenvalue weighted by Crippen LogP contribution is 2.39. The van der Waals surface area contributed by atoms with E-state index < -0.39 is 0 Å². The minimum atomic E-state index is -0.368. The summed E-state index contributed by atoms with van der Waals surface area (Å²) < 4.78 is 13.5. The molecule has 1 atom stereocenters. The summed E-state index contributed by atoms with van der Waals surface area (Å²) in [6.45, 7) is 9.65. The van der Waals surface area contributed by atoms with Gasteiger partial charge in [-0.1, -0.05) is 29.5 Å². The monoisotopic (exact) mass is 542 g/mol. The number of carbonyl (C=O) groups excluding carboxylic acids is 2. The van der Waals surface area contributed by atoms with Crippen molar-refractivity contribution in [1.82, 2.24) is 14.8 Å². The molecule has 1 aliphatic carbocycles. The predicted octanol–water partition coefficient (Wildman–Crippen LogP) is 5.81. The van der Waals surface area contributed by atoms with Crippen LogP contribution in [0.2, 0.25) is 0 Å². The molecule has 2 aromatic heterocycles. The van der Waals surface area contributed by atoms with Gasteiger partial charge in [-0.3, -0.25) is 4.79 Å². The molecule has 0 spiro atoms. The van der Waals surface area contributed by atoms with E-state index in [2.05, 4.69) is 21.6 Å². The van der Waals surface area contributed by atoms with E-state index in [0.717, 1.165) is 42.6 Å². The van der Waals surface area contributed by atoms with Crippen LogP contribution in [0.1, 0.15) is 77.5 Å². The summed E-state index contributed by atoms with van der Waals surface area (Å²) >= 11 is 2.78. The van der Waals surface area contributed by atoms with E-state index in [1.165, 1.54) is 33.5 Å². The van der Waals surface area contributed by atoms with Crippen LogP contribution in [0.25, 0.3) is 0 Å². The van der Waals surface area contributed by atoms with Gasteiger partial charge in [0.2, 0.25) is 5.91 Å². The van der Waals surface area contributed by atoms with E-state index in [4.69, 9.17) is 9.47 Å². The molecule has 10 heteroatoms. The fourth-order valence-electron chi connectivity index (χ4n) is 4.42. The van der Waals surface area contributed by atoms with Crippen LogP contribution in [0, 0.1) is 13.8 Å². The lowest BCUT2D eigenvalue weighted by Crippen LogP contribution is -2.19. The minimum absolute atomic E-state index is 0.138. The molecule has 0 fully saturated rings. The van der Waals surface area contributed by atoms with Gasteiger partial charge in [0, 0.05) is 11.9 Å². The SMILES string of the molecule is Cc1ccc(OC(C)c2nnc(SCC(=O)Nc3sc4c(c3C(=O)OC(C)C)CCCC4)n2C)c(C)c1. The number of rotatable bonds is 9. The second-order valence-electron chi connectivity index (χ2n) is 9.63. The lowest BCUT2D eigenvalue weighted by molar-refractivity contribution is -0.113. The van der Waals surface area contributed by atoms with Crippen LogP contribution in [-0.2, 0) is 29.4 Å². The summed E-state index contributed by atoms with van der Waals surface area (Å²) in [5.74, 6) is 1.05. The predicted molar refractivity (Wildman–Crippen MR) is 147 cm³/mol. The molecule has 1 aliphatic rings. The fraction of sp³-hybridized carbons (Fsp3) is 0.481. The molecule has 2 heterocycles. The quantitative estimate of drug-likeness (QED) is 0.269. The van der Waals surface area contributed by atoms with Crippen LogP contribution in [-0.4, -0.2) is 38.5 Å². The number of hydrogen-bond acceptors (Lipinski definition) is 8. The molecular formula is C27H34N4O4S2. The van der Waals surface area contributed by atoms with Crippen LogP contribution < -0.4 is 10.1 Å². The van der Waals surface area contributed by atoms with Crippen LogP contribution >= 0.6 is 23.1 Å². The van der Waals surface area contributed by atoms with Gasteiger partial charge in [0.1, 0.15) is 10.8 Å². The Labute approximate surface area is 226 Å². The molecule has 0 saturated heterocycles. The lowest BCUT2D eigenvalue weighted by atomic mass is 9.95. The first-order valence-electron chi connectivity index (χ1n) is 12.6. The Kier molecular flexibility index (Phi) is 8.59. The topological polar surface area (TPSA) is 95.3 Å². The molecule has 1 unspecified atom stereocenters. The van der Waals surface area contributed by atoms with Crippen LogP contribution in [0.15, 0.2) is 23.4 Å². The molecule has 4 rings (SSSR count). The molecule has 0 aliphatic heterocycles. The van der Waals surface area contributed by atoms with Crippen LogP contribution in [0.3, 0.4) is 0 Å². The number of thiophene rings is 1. The molecule has 8 nitrogen and oxygen atoms in total. The number of anilines is 1. The smallest absolute Gasteiger partial charge is 0.341 e. The van der Waals surface area contributed by atoms with Gasteiger partial charge >= 0.3 is 5.97 Å². The van der Waals surface area contributed by atoms with E-state index in [1.807, 2.05) is 58.4 Å². The Balaban J connectivity index is 1.41. The molecule has 37 heavy (non-hydrogen) atoms. The standard InChI is InChI=1S/C27H34N4O4S2/c1-15(2)34-26(33)23-19-9-7-8-10-21(19)37-25(23)28-22(32)14-36-27-30-29-24(31(27)6)18(5)35-20-12-11-16(3)13-17(20)4/h11-13,15,18H,7-10,14H2,1-6H3,(H,28,32). The van der Waals surface area contributed by atoms with Crippen molar-refractivity contribution < 1.29 is 19.1 Å². The van der Waals surface area contributed by atoms with E-state index in [9.17, 15) is 9.59 Å². The van der Waals surface area contributed by atoms with Crippen molar-refractivity contribution in [2.24, 2.45) is 7.05 Å². The van der Waals surface area contributed by atoms with Crippen LogP contribution in [0.5, 0.6) is 5.75 Å². The first-order chi connectivity index (χ1) is 17.6. The molecular weight excluding hydrogens is 508 g/mol. The van der Waals surface area contributed by atoms with E-state index >= 15 is 0 Å². The van der Waals surface area contributed by atoms with Gasteiger partial charge in [0.25, 0.3) is 0 Å². The molecule has 1 amide bonds.